The fourth-order valence-corrected chi connectivity index (χ4v) is 3.80. The van der Waals surface area contributed by atoms with Crippen LogP contribution in [0.4, 0.5) is 0 Å². The van der Waals surface area contributed by atoms with E-state index in [0.29, 0.717) is 6.42 Å². The minimum atomic E-state index is -0.774. The number of carbonyl (C=O) groups excluding carboxylic acids is 2. The lowest BCUT2D eigenvalue weighted by Crippen LogP contribution is -2.43. The van der Waals surface area contributed by atoms with Gasteiger partial charge in [0.1, 0.15) is 11.6 Å². The van der Waals surface area contributed by atoms with E-state index in [-0.39, 0.29) is 12.3 Å². The number of aromatic amines is 1. The number of benzene rings is 2. The summed E-state index contributed by atoms with van der Waals surface area (Å²) in [5.74, 6) is -0.733. The van der Waals surface area contributed by atoms with E-state index in [0.717, 1.165) is 44.1 Å². The molecule has 0 aliphatic carbocycles. The zero-order chi connectivity index (χ0) is 21.3. The molecule has 30 heavy (non-hydrogen) atoms. The lowest BCUT2D eigenvalue weighted by Gasteiger charge is -2.16. The largest absolute Gasteiger partial charge is 0.467 e. The van der Waals surface area contributed by atoms with E-state index >= 15 is 0 Å². The van der Waals surface area contributed by atoms with Crippen LogP contribution in [0.1, 0.15) is 22.3 Å². The molecule has 0 saturated heterocycles. The van der Waals surface area contributed by atoms with Gasteiger partial charge in [-0.05, 0) is 36.6 Å². The van der Waals surface area contributed by atoms with E-state index < -0.39 is 12.0 Å². The fraction of sp³-hybridized carbons (Fsp3) is 0.250. The minimum Gasteiger partial charge on any atom is -0.467 e. The van der Waals surface area contributed by atoms with Crippen molar-refractivity contribution in [2.75, 3.05) is 7.11 Å². The molecule has 4 rings (SSSR count). The SMILES string of the molecule is COC(=O)C(Cc1c[nH]c2ccccc12)NC(=O)Cc1coc2c(C)c(C)ccc12. The summed E-state index contributed by atoms with van der Waals surface area (Å²) >= 11 is 0. The molecule has 0 spiro atoms. The number of fused-ring (bicyclic) bond motifs is 2. The molecule has 4 aromatic rings. The number of ether oxygens (including phenoxy) is 1. The zero-order valence-corrected chi connectivity index (χ0v) is 17.2. The van der Waals surface area contributed by atoms with E-state index in [1.54, 1.807) is 6.26 Å². The van der Waals surface area contributed by atoms with Crippen molar-refractivity contribution in [1.29, 1.82) is 0 Å². The van der Waals surface area contributed by atoms with Crippen LogP contribution in [0.2, 0.25) is 0 Å². The molecule has 0 bridgehead atoms. The first kappa shape index (κ1) is 19.8. The number of hydrogen-bond acceptors (Lipinski definition) is 4. The molecule has 2 aromatic heterocycles. The van der Waals surface area contributed by atoms with Crippen LogP contribution in [-0.2, 0) is 27.2 Å². The second-order valence-corrected chi connectivity index (χ2v) is 7.53. The molecule has 6 nitrogen and oxygen atoms in total. The molecule has 2 N–H and O–H groups in total. The molecule has 1 unspecified atom stereocenters. The quantitative estimate of drug-likeness (QED) is 0.476. The van der Waals surface area contributed by atoms with Crippen LogP contribution in [-0.4, -0.2) is 30.0 Å². The molecule has 1 amide bonds. The van der Waals surface area contributed by atoms with E-state index in [1.807, 2.05) is 56.4 Å². The van der Waals surface area contributed by atoms with Crippen molar-refractivity contribution < 1.29 is 18.7 Å². The number of nitrogens with one attached hydrogen (secondary N) is 2. The Morgan fingerprint density at radius 3 is 2.70 bits per heavy atom. The van der Waals surface area contributed by atoms with Gasteiger partial charge in [-0.25, -0.2) is 4.79 Å². The van der Waals surface area contributed by atoms with Crippen LogP contribution in [0, 0.1) is 13.8 Å². The summed E-state index contributed by atoms with van der Waals surface area (Å²) in [6.45, 7) is 4.02. The van der Waals surface area contributed by atoms with Gasteiger partial charge in [0.05, 0.1) is 19.8 Å². The van der Waals surface area contributed by atoms with Crippen LogP contribution >= 0.6 is 0 Å². The minimum absolute atomic E-state index is 0.122. The van der Waals surface area contributed by atoms with Gasteiger partial charge in [0.15, 0.2) is 0 Å². The fourth-order valence-electron chi connectivity index (χ4n) is 3.80. The standard InChI is InChI=1S/C24H24N2O4/c1-14-8-9-19-17(13-30-23(19)15(14)2)11-22(27)26-21(24(28)29-3)10-16-12-25-20-7-5-4-6-18(16)20/h4-9,12-13,21,25H,10-11H2,1-3H3,(H,26,27). The predicted molar refractivity (Wildman–Crippen MR) is 115 cm³/mol. The van der Waals surface area contributed by atoms with Crippen molar-refractivity contribution in [2.45, 2.75) is 32.7 Å². The predicted octanol–water partition coefficient (Wildman–Crippen LogP) is 3.97. The van der Waals surface area contributed by atoms with Crippen molar-refractivity contribution in [1.82, 2.24) is 10.3 Å². The maximum Gasteiger partial charge on any atom is 0.328 e. The number of esters is 1. The van der Waals surface area contributed by atoms with Gasteiger partial charge >= 0.3 is 5.97 Å². The summed E-state index contributed by atoms with van der Waals surface area (Å²) in [6.07, 6.45) is 3.94. The van der Waals surface area contributed by atoms with E-state index in [1.165, 1.54) is 7.11 Å². The molecule has 2 aromatic carbocycles. The number of aromatic nitrogens is 1. The average molecular weight is 404 g/mol. The van der Waals surface area contributed by atoms with Gasteiger partial charge < -0.3 is 19.5 Å². The van der Waals surface area contributed by atoms with Gasteiger partial charge in [0, 0.05) is 34.5 Å². The molecule has 154 valence electrons. The maximum atomic E-state index is 12.8. The number of hydrogen-bond donors (Lipinski definition) is 2. The summed E-state index contributed by atoms with van der Waals surface area (Å²) < 4.78 is 10.6. The molecular formula is C24H24N2O4. The monoisotopic (exact) mass is 404 g/mol. The number of amides is 1. The Morgan fingerprint density at radius 1 is 1.10 bits per heavy atom. The Balaban J connectivity index is 1.53. The Labute approximate surface area is 174 Å². The smallest absolute Gasteiger partial charge is 0.328 e. The molecule has 0 saturated carbocycles. The topological polar surface area (TPSA) is 84.3 Å². The summed E-state index contributed by atoms with van der Waals surface area (Å²) in [4.78, 5) is 28.3. The molecule has 0 fully saturated rings. The first-order valence-corrected chi connectivity index (χ1v) is 9.86. The van der Waals surface area contributed by atoms with Gasteiger partial charge in [-0.15, -0.1) is 0 Å². The third-order valence-electron chi connectivity index (χ3n) is 5.61. The number of carbonyl (C=O) groups is 2. The molecule has 6 heteroatoms. The summed E-state index contributed by atoms with van der Waals surface area (Å²) in [7, 11) is 1.32. The molecule has 2 heterocycles. The van der Waals surface area contributed by atoms with Crippen LogP contribution < -0.4 is 5.32 Å². The lowest BCUT2D eigenvalue weighted by molar-refractivity contribution is -0.145. The van der Waals surface area contributed by atoms with Crippen molar-refractivity contribution in [2.24, 2.45) is 0 Å². The van der Waals surface area contributed by atoms with Gasteiger partial charge in [-0.1, -0.05) is 30.3 Å². The van der Waals surface area contributed by atoms with Crippen LogP contribution in [0.3, 0.4) is 0 Å². The van der Waals surface area contributed by atoms with Gasteiger partial charge in [-0.2, -0.15) is 0 Å². The van der Waals surface area contributed by atoms with E-state index in [9.17, 15) is 9.59 Å². The van der Waals surface area contributed by atoms with Crippen molar-refractivity contribution >= 4 is 33.7 Å². The van der Waals surface area contributed by atoms with Crippen molar-refractivity contribution in [3.63, 3.8) is 0 Å². The molecule has 1 atom stereocenters. The number of rotatable bonds is 6. The van der Waals surface area contributed by atoms with E-state index in [2.05, 4.69) is 10.3 Å². The van der Waals surface area contributed by atoms with Crippen molar-refractivity contribution in [3.8, 4) is 0 Å². The molecule has 0 radical (unpaired) electrons. The Morgan fingerprint density at radius 2 is 1.90 bits per heavy atom. The third-order valence-corrected chi connectivity index (χ3v) is 5.61. The molecule has 0 aliphatic heterocycles. The molecular weight excluding hydrogens is 380 g/mol. The normalized spacial score (nSPS) is 12.2. The summed E-state index contributed by atoms with van der Waals surface area (Å²) in [5, 5.41) is 4.77. The average Bonchev–Trinajstić information content (AvgIpc) is 3.34. The highest BCUT2D eigenvalue weighted by molar-refractivity contribution is 5.92. The van der Waals surface area contributed by atoms with Gasteiger partial charge in [-0.3, -0.25) is 4.79 Å². The zero-order valence-electron chi connectivity index (χ0n) is 17.2. The number of para-hydroxylation sites is 1. The second kappa shape index (κ2) is 8.06. The van der Waals surface area contributed by atoms with Gasteiger partial charge in [0.25, 0.3) is 0 Å². The number of methoxy groups -OCH3 is 1. The van der Waals surface area contributed by atoms with Crippen LogP contribution in [0.25, 0.3) is 21.9 Å². The first-order valence-electron chi connectivity index (χ1n) is 9.86. The first-order chi connectivity index (χ1) is 14.5. The Hall–Kier alpha value is -3.54. The van der Waals surface area contributed by atoms with Crippen LogP contribution in [0.5, 0.6) is 0 Å². The highest BCUT2D eigenvalue weighted by atomic mass is 16.5. The van der Waals surface area contributed by atoms with Crippen molar-refractivity contribution in [3.05, 3.63) is 71.1 Å². The van der Waals surface area contributed by atoms with Gasteiger partial charge in [0.2, 0.25) is 5.91 Å². The number of furan rings is 1. The van der Waals surface area contributed by atoms with Crippen LogP contribution in [0.15, 0.2) is 53.3 Å². The number of H-pyrrole nitrogens is 1. The Kier molecular flexibility index (Phi) is 5.31. The lowest BCUT2D eigenvalue weighted by atomic mass is 10.0. The Bertz CT molecular complexity index is 1230. The summed E-state index contributed by atoms with van der Waals surface area (Å²) in [5.41, 5.74) is 5.71. The summed E-state index contributed by atoms with van der Waals surface area (Å²) in [6, 6.07) is 11.1. The molecule has 0 aliphatic rings. The van der Waals surface area contributed by atoms with E-state index in [4.69, 9.17) is 9.15 Å². The third kappa shape index (κ3) is 3.68. The second-order valence-electron chi connectivity index (χ2n) is 7.53. The highest BCUT2D eigenvalue weighted by Crippen LogP contribution is 2.27. The maximum absolute atomic E-state index is 12.8. The highest BCUT2D eigenvalue weighted by Gasteiger charge is 2.24. The number of aryl methyl sites for hydroxylation is 2.